The van der Waals surface area contributed by atoms with Gasteiger partial charge in [-0.05, 0) is 56.8 Å². The number of aromatic nitrogens is 2. The number of para-hydroxylation sites is 1. The zero-order valence-electron chi connectivity index (χ0n) is 16.7. The van der Waals surface area contributed by atoms with Crippen LogP contribution in [0.4, 0.5) is 25.8 Å². The summed E-state index contributed by atoms with van der Waals surface area (Å²) >= 11 is 0. The smallest absolute Gasteiger partial charge is 0.237 e. The fourth-order valence-electron chi connectivity index (χ4n) is 3.05. The second-order valence-electron chi connectivity index (χ2n) is 6.86. The summed E-state index contributed by atoms with van der Waals surface area (Å²) in [7, 11) is -1.04. The van der Waals surface area contributed by atoms with Gasteiger partial charge in [0.15, 0.2) is 0 Å². The molecule has 0 amide bonds. The molecule has 0 fully saturated rings. The van der Waals surface area contributed by atoms with Crippen molar-refractivity contribution in [2.45, 2.75) is 6.42 Å². The lowest BCUT2D eigenvalue weighted by Crippen LogP contribution is -2.16. The summed E-state index contributed by atoms with van der Waals surface area (Å²) in [6.45, 7) is 6.40. The van der Waals surface area contributed by atoms with E-state index in [-0.39, 0.29) is 19.3 Å². The van der Waals surface area contributed by atoms with Gasteiger partial charge in [0.1, 0.15) is 11.5 Å². The lowest BCUT2D eigenvalue weighted by molar-refractivity contribution is 0.588. The molecule has 1 unspecified atom stereocenters. The zero-order chi connectivity index (χ0) is 21.0. The number of nitrogens with one attached hydrogen (secondary N) is 1. The first-order chi connectivity index (χ1) is 13.9. The van der Waals surface area contributed by atoms with E-state index in [4.69, 9.17) is 5.73 Å². The summed E-state index contributed by atoms with van der Waals surface area (Å²) in [6, 6.07) is 9.98. The molecule has 1 aromatic carbocycles. The van der Waals surface area contributed by atoms with Gasteiger partial charge in [0.05, 0.1) is 17.1 Å². The molecule has 1 atom stereocenters. The van der Waals surface area contributed by atoms with Crippen LogP contribution in [0.15, 0.2) is 48.8 Å². The van der Waals surface area contributed by atoms with Crippen molar-refractivity contribution in [1.29, 1.82) is 0 Å². The number of benzene rings is 1. The van der Waals surface area contributed by atoms with Gasteiger partial charge >= 0.3 is 0 Å². The summed E-state index contributed by atoms with van der Waals surface area (Å²) < 4.78 is 28.5. The highest BCUT2D eigenvalue weighted by atomic mass is 31.1. The first-order valence-corrected chi connectivity index (χ1v) is 13.4. The molecule has 3 rings (SSSR count). The van der Waals surface area contributed by atoms with E-state index in [1.807, 2.05) is 6.07 Å². The molecule has 0 radical (unpaired) electrons. The van der Waals surface area contributed by atoms with E-state index in [0.29, 0.717) is 6.42 Å². The molecule has 152 valence electrons. The van der Waals surface area contributed by atoms with Gasteiger partial charge < -0.3 is 11.1 Å². The van der Waals surface area contributed by atoms with Gasteiger partial charge in [0.25, 0.3) is 0 Å². The zero-order valence-corrected chi connectivity index (χ0v) is 18.4. The van der Waals surface area contributed by atoms with Crippen LogP contribution in [0.25, 0.3) is 0 Å². The summed E-state index contributed by atoms with van der Waals surface area (Å²) in [5.74, 6) is -1.08. The Kier molecular flexibility index (Phi) is 7.10. The second-order valence-corrected chi connectivity index (χ2v) is 11.5. The molecule has 2 aromatic heterocycles. The first-order valence-electron chi connectivity index (χ1n) is 9.16. The van der Waals surface area contributed by atoms with Gasteiger partial charge in [-0.2, -0.15) is 4.39 Å². The molecule has 0 aliphatic carbocycles. The Morgan fingerprint density at radius 1 is 0.966 bits per heavy atom. The van der Waals surface area contributed by atoms with Crippen LogP contribution in [0.5, 0.6) is 0 Å². The van der Waals surface area contributed by atoms with Gasteiger partial charge in [-0.3, -0.25) is 4.98 Å². The monoisotopic (exact) mass is 432 g/mol. The van der Waals surface area contributed by atoms with Crippen LogP contribution in [-0.4, -0.2) is 36.1 Å². The van der Waals surface area contributed by atoms with Crippen LogP contribution in [0.2, 0.25) is 0 Å². The van der Waals surface area contributed by atoms with E-state index in [0.717, 1.165) is 28.2 Å². The van der Waals surface area contributed by atoms with E-state index < -0.39 is 19.7 Å². The molecule has 8 heteroatoms. The Balaban J connectivity index is 1.82. The topological polar surface area (TPSA) is 63.8 Å². The number of halogens is 2. The average molecular weight is 432 g/mol. The van der Waals surface area contributed by atoms with E-state index in [2.05, 4.69) is 35.3 Å². The highest BCUT2D eigenvalue weighted by Crippen LogP contribution is 2.36. The van der Waals surface area contributed by atoms with Crippen molar-refractivity contribution in [2.24, 2.45) is 0 Å². The van der Waals surface area contributed by atoms with Crippen molar-refractivity contribution in [3.63, 3.8) is 0 Å². The van der Waals surface area contributed by atoms with Crippen LogP contribution in [0.1, 0.15) is 5.69 Å². The molecule has 0 saturated heterocycles. The summed E-state index contributed by atoms with van der Waals surface area (Å²) in [5, 5.41) is 4.85. The Morgan fingerprint density at radius 3 is 2.38 bits per heavy atom. The lowest BCUT2D eigenvalue weighted by atomic mass is 10.2. The third-order valence-corrected chi connectivity index (χ3v) is 8.09. The van der Waals surface area contributed by atoms with E-state index in [1.54, 1.807) is 30.5 Å². The summed E-state index contributed by atoms with van der Waals surface area (Å²) in [4.78, 5) is 8.19. The quantitative estimate of drug-likeness (QED) is 0.428. The molecule has 0 saturated carbocycles. The second kappa shape index (κ2) is 9.56. The van der Waals surface area contributed by atoms with Gasteiger partial charge in [-0.15, -0.1) is 0 Å². The fourth-order valence-corrected chi connectivity index (χ4v) is 5.66. The first kappa shape index (κ1) is 21.5. The fraction of sp³-hybridized carbons (Fsp3) is 0.238. The van der Waals surface area contributed by atoms with Crippen molar-refractivity contribution in [2.75, 3.05) is 37.2 Å². The van der Waals surface area contributed by atoms with Gasteiger partial charge in [-0.1, -0.05) is 28.0 Å². The van der Waals surface area contributed by atoms with Crippen LogP contribution in [-0.2, 0) is 6.42 Å². The van der Waals surface area contributed by atoms with Gasteiger partial charge in [0, 0.05) is 23.0 Å². The molecule has 3 N–H and O–H groups in total. The van der Waals surface area contributed by atoms with E-state index in [1.165, 1.54) is 12.3 Å². The molecule has 0 spiro atoms. The molecular weight excluding hydrogens is 408 g/mol. The predicted octanol–water partition coefficient (Wildman–Crippen LogP) is 4.43. The van der Waals surface area contributed by atoms with Crippen molar-refractivity contribution in [1.82, 2.24) is 9.97 Å². The molecule has 4 nitrogen and oxygen atoms in total. The number of hydrogen-bond acceptors (Lipinski definition) is 4. The summed E-state index contributed by atoms with van der Waals surface area (Å²) in [6.07, 6.45) is 4.74. The standard InChI is InChI=1S/C21H24F2N4P2/c1-28(2)17-8-11-25-16(19(17)24)10-13-29(3)18-9-12-26-21(23)20(18)27-15-7-5-4-6-14(15)22/h4-9,11-12,27H,10,13,24H2,1-3H3. The summed E-state index contributed by atoms with van der Waals surface area (Å²) in [5.41, 5.74) is 8.41. The molecule has 2 heterocycles. The minimum absolute atomic E-state index is 0.224. The van der Waals surface area contributed by atoms with Crippen LogP contribution in [0.3, 0.4) is 0 Å². The molecule has 0 aliphatic heterocycles. The van der Waals surface area contributed by atoms with Crippen molar-refractivity contribution in [3.8, 4) is 0 Å². The highest BCUT2D eigenvalue weighted by Gasteiger charge is 2.18. The number of nitrogens with two attached hydrogens (primary N) is 1. The third-order valence-electron chi connectivity index (χ3n) is 4.64. The number of nitrogen functional groups attached to an aromatic ring is 1. The normalized spacial score (nSPS) is 12.2. The van der Waals surface area contributed by atoms with Crippen molar-refractivity contribution < 1.29 is 8.78 Å². The number of nitrogens with zero attached hydrogens (tertiary/aromatic N) is 2. The molecule has 29 heavy (non-hydrogen) atoms. The minimum atomic E-state index is -0.735. The molecule has 0 bridgehead atoms. The molecular formula is C21H24F2N4P2. The van der Waals surface area contributed by atoms with E-state index >= 15 is 0 Å². The Labute approximate surface area is 172 Å². The third kappa shape index (κ3) is 5.07. The Bertz CT molecular complexity index is 998. The number of aryl methyl sites for hydroxylation is 1. The van der Waals surface area contributed by atoms with Gasteiger partial charge in [-0.25, -0.2) is 9.37 Å². The SMILES string of the molecule is CP(C)c1ccnc(CCP(C)c2ccnc(F)c2Nc2ccccc2F)c1N. The van der Waals surface area contributed by atoms with Crippen LogP contribution in [0, 0.1) is 11.8 Å². The van der Waals surface area contributed by atoms with Crippen LogP contribution >= 0.6 is 15.8 Å². The van der Waals surface area contributed by atoms with Crippen LogP contribution < -0.4 is 21.7 Å². The van der Waals surface area contributed by atoms with Crippen molar-refractivity contribution in [3.05, 3.63) is 66.3 Å². The predicted molar refractivity (Wildman–Crippen MR) is 122 cm³/mol. The Hall–Kier alpha value is -2.16. The largest absolute Gasteiger partial charge is 0.397 e. The maximum absolute atomic E-state index is 14.5. The molecule has 3 aromatic rings. The number of rotatable bonds is 7. The Morgan fingerprint density at radius 2 is 1.66 bits per heavy atom. The number of anilines is 3. The lowest BCUT2D eigenvalue weighted by Gasteiger charge is -2.19. The number of hydrogen-bond donors (Lipinski definition) is 2. The van der Waals surface area contributed by atoms with Gasteiger partial charge in [0.2, 0.25) is 5.95 Å². The van der Waals surface area contributed by atoms with E-state index in [9.17, 15) is 8.78 Å². The highest BCUT2D eigenvalue weighted by molar-refractivity contribution is 7.65. The van der Waals surface area contributed by atoms with Crippen molar-refractivity contribution >= 4 is 43.5 Å². The average Bonchev–Trinajstić information content (AvgIpc) is 2.69. The maximum Gasteiger partial charge on any atom is 0.237 e. The minimum Gasteiger partial charge on any atom is -0.397 e. The molecule has 0 aliphatic rings. The number of pyridine rings is 2. The maximum atomic E-state index is 14.5.